The van der Waals surface area contributed by atoms with Crippen molar-refractivity contribution in [3.63, 3.8) is 0 Å². The average molecular weight is 217 g/mol. The topological polar surface area (TPSA) is 69.6 Å². The van der Waals surface area contributed by atoms with E-state index in [4.69, 9.17) is 5.73 Å². The van der Waals surface area contributed by atoms with Gasteiger partial charge in [-0.2, -0.15) is 0 Å². The van der Waals surface area contributed by atoms with Gasteiger partial charge in [0, 0.05) is 24.5 Å². The van der Waals surface area contributed by atoms with Gasteiger partial charge in [0.2, 0.25) is 0 Å². The van der Waals surface area contributed by atoms with Crippen LogP contribution in [0.15, 0.2) is 18.5 Å². The molecule has 0 fully saturated rings. The molecular formula is C11H15N5. The summed E-state index contributed by atoms with van der Waals surface area (Å²) in [4.78, 5) is 4.06. The highest BCUT2D eigenvalue weighted by Crippen LogP contribution is 2.19. The number of pyridine rings is 1. The molecule has 0 unspecified atom stereocenters. The normalized spacial score (nSPS) is 10.6. The van der Waals surface area contributed by atoms with Gasteiger partial charge in [-0.15, -0.1) is 10.2 Å². The molecule has 2 N–H and O–H groups in total. The van der Waals surface area contributed by atoms with Crippen molar-refractivity contribution in [1.29, 1.82) is 0 Å². The van der Waals surface area contributed by atoms with Gasteiger partial charge in [-0.25, -0.2) is 0 Å². The predicted octanol–water partition coefficient (Wildman–Crippen LogP) is 1.64. The van der Waals surface area contributed by atoms with Crippen molar-refractivity contribution < 1.29 is 0 Å². The fourth-order valence-electron chi connectivity index (χ4n) is 1.67. The van der Waals surface area contributed by atoms with E-state index in [9.17, 15) is 0 Å². The third-order valence-electron chi connectivity index (χ3n) is 2.40. The molecule has 0 aliphatic heterocycles. The van der Waals surface area contributed by atoms with E-state index >= 15 is 0 Å². The molecule has 0 spiro atoms. The summed E-state index contributed by atoms with van der Waals surface area (Å²) in [5, 5.41) is 8.25. The van der Waals surface area contributed by atoms with Gasteiger partial charge in [0.1, 0.15) is 5.82 Å². The predicted molar refractivity (Wildman–Crippen MR) is 62.7 cm³/mol. The first-order valence-electron chi connectivity index (χ1n) is 5.33. The van der Waals surface area contributed by atoms with E-state index in [1.165, 1.54) is 0 Å². The van der Waals surface area contributed by atoms with Crippen LogP contribution in [0.4, 0.5) is 5.69 Å². The van der Waals surface area contributed by atoms with Crippen LogP contribution in [0.3, 0.4) is 0 Å². The van der Waals surface area contributed by atoms with Gasteiger partial charge in [-0.1, -0.05) is 6.92 Å². The minimum atomic E-state index is 0.640. The van der Waals surface area contributed by atoms with Crippen LogP contribution >= 0.6 is 0 Å². The number of nitrogen functional groups attached to an aromatic ring is 1. The van der Waals surface area contributed by atoms with E-state index < -0.39 is 0 Å². The quantitative estimate of drug-likeness (QED) is 0.848. The minimum Gasteiger partial charge on any atom is -0.397 e. The van der Waals surface area contributed by atoms with Gasteiger partial charge in [-0.3, -0.25) is 4.98 Å². The van der Waals surface area contributed by atoms with Crippen molar-refractivity contribution >= 4 is 5.69 Å². The standard InChI is InChI=1S/C11H15N5/c1-3-4-16-8(2)14-15-11(16)9-5-10(12)7-13-6-9/h5-7H,3-4,12H2,1-2H3. The highest BCUT2D eigenvalue weighted by molar-refractivity contribution is 5.59. The van der Waals surface area contributed by atoms with Crippen molar-refractivity contribution in [3.8, 4) is 11.4 Å². The Hall–Kier alpha value is -1.91. The molecule has 0 aliphatic rings. The molecule has 5 heteroatoms. The number of aromatic nitrogens is 4. The maximum atomic E-state index is 5.71. The lowest BCUT2D eigenvalue weighted by Gasteiger charge is -2.06. The van der Waals surface area contributed by atoms with Crippen LogP contribution in [-0.4, -0.2) is 19.7 Å². The molecule has 0 radical (unpaired) electrons. The maximum Gasteiger partial charge on any atom is 0.165 e. The monoisotopic (exact) mass is 217 g/mol. The zero-order valence-electron chi connectivity index (χ0n) is 9.51. The van der Waals surface area contributed by atoms with Crippen LogP contribution in [0.5, 0.6) is 0 Å². The molecule has 0 aromatic carbocycles. The molecule has 0 atom stereocenters. The highest BCUT2D eigenvalue weighted by Gasteiger charge is 2.10. The second kappa shape index (κ2) is 4.30. The zero-order valence-corrected chi connectivity index (χ0v) is 9.51. The molecule has 0 aliphatic carbocycles. The van der Waals surface area contributed by atoms with Gasteiger partial charge in [0.05, 0.1) is 5.69 Å². The lowest BCUT2D eigenvalue weighted by atomic mass is 10.2. The smallest absolute Gasteiger partial charge is 0.165 e. The SMILES string of the molecule is CCCn1c(C)nnc1-c1cncc(N)c1. The Kier molecular flexibility index (Phi) is 2.85. The van der Waals surface area contributed by atoms with Crippen molar-refractivity contribution in [2.24, 2.45) is 0 Å². The Morgan fingerprint density at radius 1 is 1.31 bits per heavy atom. The second-order valence-corrected chi connectivity index (χ2v) is 3.73. The molecule has 2 aromatic heterocycles. The van der Waals surface area contributed by atoms with Crippen molar-refractivity contribution in [1.82, 2.24) is 19.7 Å². The summed E-state index contributed by atoms with van der Waals surface area (Å²) in [7, 11) is 0. The van der Waals surface area contributed by atoms with E-state index in [0.717, 1.165) is 30.2 Å². The Morgan fingerprint density at radius 2 is 2.12 bits per heavy atom. The highest BCUT2D eigenvalue weighted by atomic mass is 15.3. The molecule has 84 valence electrons. The summed E-state index contributed by atoms with van der Waals surface area (Å²) >= 11 is 0. The van der Waals surface area contributed by atoms with E-state index in [2.05, 4.69) is 26.7 Å². The summed E-state index contributed by atoms with van der Waals surface area (Å²) in [6.45, 7) is 4.98. The first-order chi connectivity index (χ1) is 7.72. The average Bonchev–Trinajstić information content (AvgIpc) is 2.61. The van der Waals surface area contributed by atoms with Crippen LogP contribution < -0.4 is 5.73 Å². The largest absolute Gasteiger partial charge is 0.397 e. The Labute approximate surface area is 94.3 Å². The number of hydrogen-bond acceptors (Lipinski definition) is 4. The summed E-state index contributed by atoms with van der Waals surface area (Å²) in [6, 6.07) is 1.86. The molecule has 5 nitrogen and oxygen atoms in total. The summed E-state index contributed by atoms with van der Waals surface area (Å²) in [6.07, 6.45) is 4.42. The number of nitrogens with two attached hydrogens (primary N) is 1. The second-order valence-electron chi connectivity index (χ2n) is 3.73. The zero-order chi connectivity index (χ0) is 11.5. The number of nitrogens with zero attached hydrogens (tertiary/aromatic N) is 4. The van der Waals surface area contributed by atoms with Gasteiger partial charge < -0.3 is 10.3 Å². The third-order valence-corrected chi connectivity index (χ3v) is 2.40. The fraction of sp³-hybridized carbons (Fsp3) is 0.364. The minimum absolute atomic E-state index is 0.640. The van der Waals surface area contributed by atoms with Crippen molar-refractivity contribution in [2.45, 2.75) is 26.8 Å². The molecule has 0 saturated carbocycles. The van der Waals surface area contributed by atoms with Gasteiger partial charge in [0.25, 0.3) is 0 Å². The van der Waals surface area contributed by atoms with E-state index in [1.807, 2.05) is 13.0 Å². The van der Waals surface area contributed by atoms with Crippen molar-refractivity contribution in [2.75, 3.05) is 5.73 Å². The molecular weight excluding hydrogens is 202 g/mol. The number of aryl methyl sites for hydroxylation is 1. The van der Waals surface area contributed by atoms with Crippen LogP contribution in [-0.2, 0) is 6.54 Å². The third kappa shape index (κ3) is 1.88. The first-order valence-corrected chi connectivity index (χ1v) is 5.33. The first kappa shape index (κ1) is 10.6. The van der Waals surface area contributed by atoms with Crippen molar-refractivity contribution in [3.05, 3.63) is 24.3 Å². The van der Waals surface area contributed by atoms with Crippen LogP contribution in [0.1, 0.15) is 19.2 Å². The fourth-order valence-corrected chi connectivity index (χ4v) is 1.67. The van der Waals surface area contributed by atoms with Gasteiger partial charge >= 0.3 is 0 Å². The summed E-state index contributed by atoms with van der Waals surface area (Å²) < 4.78 is 2.08. The van der Waals surface area contributed by atoms with E-state index in [1.54, 1.807) is 12.4 Å². The molecule has 2 aromatic rings. The van der Waals surface area contributed by atoms with Gasteiger partial charge in [0.15, 0.2) is 5.82 Å². The lowest BCUT2D eigenvalue weighted by molar-refractivity contribution is 0.663. The Bertz CT molecular complexity index is 489. The number of anilines is 1. The van der Waals surface area contributed by atoms with Crippen LogP contribution in [0, 0.1) is 6.92 Å². The number of hydrogen-bond donors (Lipinski definition) is 1. The van der Waals surface area contributed by atoms with Crippen LogP contribution in [0.25, 0.3) is 11.4 Å². The molecule has 0 amide bonds. The Balaban J connectivity index is 2.47. The Morgan fingerprint density at radius 3 is 2.81 bits per heavy atom. The lowest BCUT2D eigenvalue weighted by Crippen LogP contribution is -2.02. The van der Waals surface area contributed by atoms with Crippen LogP contribution in [0.2, 0.25) is 0 Å². The molecule has 16 heavy (non-hydrogen) atoms. The van der Waals surface area contributed by atoms with Gasteiger partial charge in [-0.05, 0) is 19.4 Å². The van der Waals surface area contributed by atoms with E-state index in [0.29, 0.717) is 5.69 Å². The maximum absolute atomic E-state index is 5.71. The number of rotatable bonds is 3. The molecule has 2 heterocycles. The molecule has 0 saturated heterocycles. The summed E-state index contributed by atoms with van der Waals surface area (Å²) in [5.41, 5.74) is 7.26. The van der Waals surface area contributed by atoms with E-state index in [-0.39, 0.29) is 0 Å². The summed E-state index contributed by atoms with van der Waals surface area (Å²) in [5.74, 6) is 1.75. The molecule has 2 rings (SSSR count). The molecule has 0 bridgehead atoms.